The van der Waals surface area contributed by atoms with Gasteiger partial charge in [0.15, 0.2) is 11.5 Å². The number of rotatable bonds is 7. The molecule has 0 radical (unpaired) electrons. The third-order valence-electron chi connectivity index (χ3n) is 5.14. The quantitative estimate of drug-likeness (QED) is 0.318. The molecule has 10 heteroatoms. The van der Waals surface area contributed by atoms with E-state index in [0.717, 1.165) is 0 Å². The van der Waals surface area contributed by atoms with Gasteiger partial charge in [0.25, 0.3) is 11.8 Å². The minimum absolute atomic E-state index is 0.0387. The van der Waals surface area contributed by atoms with Crippen molar-refractivity contribution < 1.29 is 29.0 Å². The number of hydrogen-bond acceptors (Lipinski definition) is 5. The van der Waals surface area contributed by atoms with E-state index in [1.54, 1.807) is 48.5 Å². The van der Waals surface area contributed by atoms with Gasteiger partial charge >= 0.3 is 5.97 Å². The molecule has 0 aromatic heterocycles. The minimum atomic E-state index is -1.04. The van der Waals surface area contributed by atoms with Crippen LogP contribution >= 0.6 is 27.5 Å². The fourth-order valence-corrected chi connectivity index (χ4v) is 4.08. The number of carboxylic acid groups (broad SMARTS) is 1. The van der Waals surface area contributed by atoms with Crippen molar-refractivity contribution in [1.82, 2.24) is 5.43 Å². The average Bonchev–Trinajstić information content (AvgIpc) is 3.15. The third-order valence-corrected chi connectivity index (χ3v) is 6.58. The summed E-state index contributed by atoms with van der Waals surface area (Å²) in [6, 6.07) is 16.6. The molecule has 1 aliphatic rings. The van der Waals surface area contributed by atoms with Gasteiger partial charge in [-0.3, -0.25) is 15.0 Å². The normalized spacial score (nSPS) is 14.3. The van der Waals surface area contributed by atoms with Crippen LogP contribution in [0.1, 0.15) is 21.5 Å². The van der Waals surface area contributed by atoms with Crippen LogP contribution in [0.3, 0.4) is 0 Å². The van der Waals surface area contributed by atoms with Crippen LogP contribution in [0.4, 0.5) is 5.69 Å². The summed E-state index contributed by atoms with van der Waals surface area (Å²) in [5.74, 6) is -1.62. The average molecular weight is 558 g/mol. The van der Waals surface area contributed by atoms with Crippen molar-refractivity contribution in [3.8, 4) is 11.5 Å². The molecule has 0 atom stereocenters. The van der Waals surface area contributed by atoms with E-state index in [2.05, 4.69) is 21.4 Å². The number of nitrogens with zero attached hydrogens (tertiary/aromatic N) is 1. The number of amides is 2. The maximum atomic E-state index is 12.9. The van der Waals surface area contributed by atoms with E-state index >= 15 is 0 Å². The fraction of sp³-hybridized carbons (Fsp3) is 0.0800. The number of methoxy groups -OCH3 is 1. The smallest absolute Gasteiger partial charge is 0.335 e. The highest BCUT2D eigenvalue weighted by Crippen LogP contribution is 2.43. The summed E-state index contributed by atoms with van der Waals surface area (Å²) in [5, 5.41) is 10.5. The SMILES string of the molecule is COc1cc(/C=C2/C(=O)NN(c3ccccc3)C2=O)c(Br)c(Cl)c1OCc1cccc(C(=O)O)c1. The molecular weight excluding hydrogens is 540 g/mol. The van der Waals surface area contributed by atoms with E-state index in [1.165, 1.54) is 30.3 Å². The molecule has 35 heavy (non-hydrogen) atoms. The Hall–Kier alpha value is -3.82. The van der Waals surface area contributed by atoms with Crippen LogP contribution < -0.4 is 19.9 Å². The lowest BCUT2D eigenvalue weighted by Gasteiger charge is -2.16. The summed E-state index contributed by atoms with van der Waals surface area (Å²) in [7, 11) is 1.43. The molecule has 0 bridgehead atoms. The van der Waals surface area contributed by atoms with Gasteiger partial charge in [-0.2, -0.15) is 0 Å². The fourth-order valence-electron chi connectivity index (χ4n) is 3.42. The second-order valence-corrected chi connectivity index (χ2v) is 8.57. The number of ether oxygens (including phenoxy) is 2. The lowest BCUT2D eigenvalue weighted by molar-refractivity contribution is -0.117. The van der Waals surface area contributed by atoms with Gasteiger partial charge in [-0.15, -0.1) is 0 Å². The summed E-state index contributed by atoms with van der Waals surface area (Å²) < 4.78 is 11.7. The second-order valence-electron chi connectivity index (χ2n) is 7.39. The lowest BCUT2D eigenvalue weighted by Crippen LogP contribution is -2.35. The number of hydrazine groups is 1. The first kappa shape index (κ1) is 24.3. The van der Waals surface area contributed by atoms with Crippen molar-refractivity contribution in [3.05, 3.63) is 92.4 Å². The van der Waals surface area contributed by atoms with E-state index in [4.69, 9.17) is 21.1 Å². The number of carbonyl (C=O) groups excluding carboxylic acids is 2. The number of nitrogens with one attached hydrogen (secondary N) is 1. The number of carboxylic acids is 1. The summed E-state index contributed by atoms with van der Waals surface area (Å²) in [5.41, 5.74) is 4.19. The van der Waals surface area contributed by atoms with Crippen LogP contribution in [-0.4, -0.2) is 30.0 Å². The zero-order chi connectivity index (χ0) is 25.1. The predicted molar refractivity (Wildman–Crippen MR) is 133 cm³/mol. The lowest BCUT2D eigenvalue weighted by atomic mass is 10.1. The molecule has 0 spiro atoms. The summed E-state index contributed by atoms with van der Waals surface area (Å²) >= 11 is 9.95. The molecule has 4 rings (SSSR count). The molecule has 0 aliphatic carbocycles. The molecule has 8 nitrogen and oxygen atoms in total. The number of halogens is 2. The Bertz CT molecular complexity index is 1360. The first-order valence-corrected chi connectivity index (χ1v) is 11.4. The van der Waals surface area contributed by atoms with Crippen LogP contribution in [0.2, 0.25) is 5.02 Å². The molecule has 1 saturated heterocycles. The molecule has 1 heterocycles. The Morgan fingerprint density at radius 3 is 2.57 bits per heavy atom. The summed E-state index contributed by atoms with van der Waals surface area (Å²) in [6.45, 7) is 0.0387. The molecule has 3 aromatic carbocycles. The number of para-hydroxylation sites is 1. The molecule has 2 amide bonds. The van der Waals surface area contributed by atoms with E-state index in [-0.39, 0.29) is 34.3 Å². The van der Waals surface area contributed by atoms with Crippen LogP contribution in [0.25, 0.3) is 6.08 Å². The molecule has 1 aliphatic heterocycles. The Labute approximate surface area is 213 Å². The highest BCUT2D eigenvalue weighted by Gasteiger charge is 2.34. The van der Waals surface area contributed by atoms with Gasteiger partial charge in [0.1, 0.15) is 17.2 Å². The zero-order valence-electron chi connectivity index (χ0n) is 18.2. The first-order valence-electron chi connectivity index (χ1n) is 10.2. The Kier molecular flexibility index (Phi) is 7.09. The van der Waals surface area contributed by atoms with Crippen molar-refractivity contribution >= 4 is 57.1 Å². The molecule has 2 N–H and O–H groups in total. The molecule has 1 fully saturated rings. The Morgan fingerprint density at radius 2 is 1.89 bits per heavy atom. The molecular formula is C25H18BrClN2O6. The zero-order valence-corrected chi connectivity index (χ0v) is 20.6. The largest absolute Gasteiger partial charge is 0.493 e. The van der Waals surface area contributed by atoms with Crippen LogP contribution in [0.15, 0.2) is 70.7 Å². The van der Waals surface area contributed by atoms with E-state index in [1.807, 2.05) is 0 Å². The van der Waals surface area contributed by atoms with Crippen molar-refractivity contribution in [1.29, 1.82) is 0 Å². The van der Waals surface area contributed by atoms with E-state index < -0.39 is 17.8 Å². The predicted octanol–water partition coefficient (Wildman–Crippen LogP) is 4.85. The van der Waals surface area contributed by atoms with Crippen LogP contribution in [-0.2, 0) is 16.2 Å². The van der Waals surface area contributed by atoms with Gasteiger partial charge in [-0.05, 0) is 63.5 Å². The molecule has 178 valence electrons. The van der Waals surface area contributed by atoms with Gasteiger partial charge in [0.05, 0.1) is 18.4 Å². The molecule has 0 saturated carbocycles. The third kappa shape index (κ3) is 5.01. The number of hydrogen-bond donors (Lipinski definition) is 2. The maximum Gasteiger partial charge on any atom is 0.335 e. The standard InChI is InChI=1S/C25H18BrClN2O6/c1-34-19-12-16(11-18-23(30)28-29(24(18)31)17-8-3-2-4-9-17)20(26)21(27)22(19)35-13-14-6-5-7-15(10-14)25(32)33/h2-12H,13H2,1H3,(H,28,30)(H,32,33)/b18-11-. The minimum Gasteiger partial charge on any atom is -0.493 e. The van der Waals surface area contributed by atoms with E-state index in [9.17, 15) is 19.5 Å². The van der Waals surface area contributed by atoms with Crippen molar-refractivity contribution in [2.75, 3.05) is 12.1 Å². The van der Waals surface area contributed by atoms with Gasteiger partial charge in [0, 0.05) is 4.47 Å². The van der Waals surface area contributed by atoms with Crippen LogP contribution in [0.5, 0.6) is 11.5 Å². The monoisotopic (exact) mass is 556 g/mol. The van der Waals surface area contributed by atoms with Gasteiger partial charge in [-0.25, -0.2) is 9.80 Å². The Balaban J connectivity index is 1.63. The van der Waals surface area contributed by atoms with Gasteiger partial charge in [0.2, 0.25) is 0 Å². The van der Waals surface area contributed by atoms with Crippen molar-refractivity contribution in [2.24, 2.45) is 0 Å². The van der Waals surface area contributed by atoms with Gasteiger partial charge < -0.3 is 14.6 Å². The second kappa shape index (κ2) is 10.2. The first-order chi connectivity index (χ1) is 16.8. The van der Waals surface area contributed by atoms with Crippen molar-refractivity contribution in [2.45, 2.75) is 6.61 Å². The number of anilines is 1. The summed E-state index contributed by atoms with van der Waals surface area (Å²) in [6.07, 6.45) is 1.42. The highest BCUT2D eigenvalue weighted by molar-refractivity contribution is 9.10. The number of benzene rings is 3. The Morgan fingerprint density at radius 1 is 1.14 bits per heavy atom. The highest BCUT2D eigenvalue weighted by atomic mass is 79.9. The topological polar surface area (TPSA) is 105 Å². The molecule has 3 aromatic rings. The number of carbonyl (C=O) groups is 3. The van der Waals surface area contributed by atoms with Gasteiger partial charge in [-0.1, -0.05) is 41.9 Å². The maximum absolute atomic E-state index is 12.9. The molecule has 0 unspecified atom stereocenters. The van der Waals surface area contributed by atoms with Crippen LogP contribution in [0, 0.1) is 0 Å². The number of aromatic carboxylic acids is 1. The van der Waals surface area contributed by atoms with Crippen molar-refractivity contribution in [3.63, 3.8) is 0 Å². The van der Waals surface area contributed by atoms with E-state index in [0.29, 0.717) is 21.3 Å². The summed E-state index contributed by atoms with van der Waals surface area (Å²) in [4.78, 5) is 36.6.